The zero-order chi connectivity index (χ0) is 13.6. The third kappa shape index (κ3) is 1.90. The molecule has 2 heterocycles. The molecule has 1 saturated carbocycles. The largest absolute Gasteiger partial charge is 0.383 e. The molecule has 4 heteroatoms. The summed E-state index contributed by atoms with van der Waals surface area (Å²) in [6.45, 7) is 6.65. The molecule has 0 aromatic carbocycles. The quantitative estimate of drug-likeness (QED) is 0.853. The van der Waals surface area contributed by atoms with Crippen LogP contribution in [0.4, 0.5) is 5.82 Å². The van der Waals surface area contributed by atoms with E-state index in [1.807, 2.05) is 0 Å². The van der Waals surface area contributed by atoms with Crippen LogP contribution in [-0.4, -0.2) is 14.5 Å². The summed E-state index contributed by atoms with van der Waals surface area (Å²) in [6.07, 6.45) is 6.74. The second-order valence-electron chi connectivity index (χ2n) is 5.96. The standard InChI is InChI=1S/C15H22N4/c1-9-5-4-6-12(7-9)19-11(3)10(2)13-14(16)17-8-18-15(13)19/h8-9,12H,4-7H2,1-3H3,(H2,16,17,18). The molecule has 0 bridgehead atoms. The SMILES string of the molecule is Cc1c(C)n(C2CCCC(C)C2)c2ncnc(N)c12. The molecule has 2 atom stereocenters. The van der Waals surface area contributed by atoms with Gasteiger partial charge in [-0.15, -0.1) is 0 Å². The average molecular weight is 258 g/mol. The van der Waals surface area contributed by atoms with Crippen LogP contribution < -0.4 is 5.73 Å². The molecule has 4 nitrogen and oxygen atoms in total. The fourth-order valence-corrected chi connectivity index (χ4v) is 3.54. The highest BCUT2D eigenvalue weighted by Gasteiger charge is 2.25. The lowest BCUT2D eigenvalue weighted by Gasteiger charge is -2.29. The molecule has 1 aliphatic carbocycles. The molecule has 102 valence electrons. The van der Waals surface area contributed by atoms with Crippen LogP contribution in [0, 0.1) is 19.8 Å². The molecule has 0 aliphatic heterocycles. The maximum Gasteiger partial charge on any atom is 0.146 e. The minimum Gasteiger partial charge on any atom is -0.383 e. The van der Waals surface area contributed by atoms with Crippen molar-refractivity contribution < 1.29 is 0 Å². The number of aryl methyl sites for hydroxylation is 1. The highest BCUT2D eigenvalue weighted by molar-refractivity contribution is 5.90. The Morgan fingerprint density at radius 1 is 1.26 bits per heavy atom. The molecule has 1 aliphatic rings. The van der Waals surface area contributed by atoms with E-state index < -0.39 is 0 Å². The number of hydrogen-bond donors (Lipinski definition) is 1. The van der Waals surface area contributed by atoms with E-state index in [9.17, 15) is 0 Å². The topological polar surface area (TPSA) is 56.7 Å². The monoisotopic (exact) mass is 258 g/mol. The molecule has 0 radical (unpaired) electrons. The molecule has 1 fully saturated rings. The molecule has 2 N–H and O–H groups in total. The lowest BCUT2D eigenvalue weighted by Crippen LogP contribution is -2.19. The van der Waals surface area contributed by atoms with Crippen molar-refractivity contribution in [2.75, 3.05) is 5.73 Å². The highest BCUT2D eigenvalue weighted by atomic mass is 15.1. The first-order chi connectivity index (χ1) is 9.09. The zero-order valence-electron chi connectivity index (χ0n) is 12.0. The normalized spacial score (nSPS) is 23.9. The Bertz CT molecular complexity index is 614. The van der Waals surface area contributed by atoms with Gasteiger partial charge in [0, 0.05) is 11.7 Å². The molecule has 0 amide bonds. The number of nitrogen functional groups attached to an aromatic ring is 1. The molecule has 2 aromatic rings. The minimum atomic E-state index is 0.564. The predicted octanol–water partition coefficient (Wildman–Crippen LogP) is 3.38. The van der Waals surface area contributed by atoms with E-state index in [1.165, 1.54) is 36.9 Å². The van der Waals surface area contributed by atoms with Gasteiger partial charge in [-0.2, -0.15) is 0 Å². The van der Waals surface area contributed by atoms with Crippen molar-refractivity contribution in [1.29, 1.82) is 0 Å². The zero-order valence-corrected chi connectivity index (χ0v) is 12.0. The Hall–Kier alpha value is -1.58. The minimum absolute atomic E-state index is 0.564. The van der Waals surface area contributed by atoms with Gasteiger partial charge >= 0.3 is 0 Å². The van der Waals surface area contributed by atoms with Gasteiger partial charge in [0.2, 0.25) is 0 Å². The third-order valence-electron chi connectivity index (χ3n) is 4.64. The molecule has 3 rings (SSSR count). The van der Waals surface area contributed by atoms with Crippen molar-refractivity contribution in [2.24, 2.45) is 5.92 Å². The van der Waals surface area contributed by atoms with Crippen LogP contribution in [0.5, 0.6) is 0 Å². The van der Waals surface area contributed by atoms with E-state index >= 15 is 0 Å². The molecule has 0 spiro atoms. The summed E-state index contributed by atoms with van der Waals surface area (Å²) >= 11 is 0. The first kappa shape index (κ1) is 12.5. The first-order valence-corrected chi connectivity index (χ1v) is 7.17. The summed E-state index contributed by atoms with van der Waals surface area (Å²) in [4.78, 5) is 8.63. The van der Waals surface area contributed by atoms with Crippen molar-refractivity contribution in [3.8, 4) is 0 Å². The van der Waals surface area contributed by atoms with E-state index in [2.05, 4.69) is 35.3 Å². The summed E-state index contributed by atoms with van der Waals surface area (Å²) in [6, 6.07) is 0.564. The Morgan fingerprint density at radius 3 is 2.79 bits per heavy atom. The number of nitrogens with two attached hydrogens (primary N) is 1. The van der Waals surface area contributed by atoms with Crippen LogP contribution in [0.25, 0.3) is 11.0 Å². The van der Waals surface area contributed by atoms with Crippen LogP contribution in [-0.2, 0) is 0 Å². The van der Waals surface area contributed by atoms with E-state index in [0.717, 1.165) is 17.0 Å². The number of fused-ring (bicyclic) bond motifs is 1. The van der Waals surface area contributed by atoms with Crippen LogP contribution >= 0.6 is 0 Å². The number of anilines is 1. The van der Waals surface area contributed by atoms with Crippen LogP contribution in [0.15, 0.2) is 6.33 Å². The number of nitrogens with zero attached hydrogens (tertiary/aromatic N) is 3. The van der Waals surface area contributed by atoms with E-state index in [1.54, 1.807) is 6.33 Å². The van der Waals surface area contributed by atoms with Gasteiger partial charge in [-0.3, -0.25) is 0 Å². The Labute approximate surface area is 114 Å². The van der Waals surface area contributed by atoms with Crippen molar-refractivity contribution in [1.82, 2.24) is 14.5 Å². The summed E-state index contributed by atoms with van der Waals surface area (Å²) in [5, 5.41) is 1.04. The van der Waals surface area contributed by atoms with Gasteiger partial charge < -0.3 is 10.3 Å². The fourth-order valence-electron chi connectivity index (χ4n) is 3.54. The van der Waals surface area contributed by atoms with Gasteiger partial charge in [-0.1, -0.05) is 19.8 Å². The molecular weight excluding hydrogens is 236 g/mol. The Morgan fingerprint density at radius 2 is 2.05 bits per heavy atom. The molecule has 2 aromatic heterocycles. The maximum atomic E-state index is 6.03. The van der Waals surface area contributed by atoms with E-state index in [0.29, 0.717) is 11.9 Å². The lowest BCUT2D eigenvalue weighted by molar-refractivity contribution is 0.284. The van der Waals surface area contributed by atoms with Gasteiger partial charge in [-0.05, 0) is 38.2 Å². The second-order valence-corrected chi connectivity index (χ2v) is 5.96. The highest BCUT2D eigenvalue weighted by Crippen LogP contribution is 2.37. The van der Waals surface area contributed by atoms with Crippen LogP contribution in [0.1, 0.15) is 49.9 Å². The maximum absolute atomic E-state index is 6.03. The smallest absolute Gasteiger partial charge is 0.146 e. The van der Waals surface area contributed by atoms with Crippen molar-refractivity contribution >= 4 is 16.9 Å². The summed E-state index contributed by atoms with van der Waals surface area (Å²) in [5.74, 6) is 1.41. The van der Waals surface area contributed by atoms with Gasteiger partial charge in [0.15, 0.2) is 0 Å². The van der Waals surface area contributed by atoms with Gasteiger partial charge in [0.25, 0.3) is 0 Å². The van der Waals surface area contributed by atoms with Gasteiger partial charge in [-0.25, -0.2) is 9.97 Å². The van der Waals surface area contributed by atoms with Crippen molar-refractivity contribution in [2.45, 2.75) is 52.5 Å². The van der Waals surface area contributed by atoms with Crippen molar-refractivity contribution in [3.63, 3.8) is 0 Å². The van der Waals surface area contributed by atoms with Crippen LogP contribution in [0.3, 0.4) is 0 Å². The molecular formula is C15H22N4. The summed E-state index contributed by atoms with van der Waals surface area (Å²) in [5.41, 5.74) is 9.57. The predicted molar refractivity (Wildman–Crippen MR) is 78.1 cm³/mol. The number of aromatic nitrogens is 3. The second kappa shape index (κ2) is 4.51. The average Bonchev–Trinajstić information content (AvgIpc) is 2.63. The number of hydrogen-bond acceptors (Lipinski definition) is 3. The third-order valence-corrected chi connectivity index (χ3v) is 4.64. The van der Waals surface area contributed by atoms with Crippen molar-refractivity contribution in [3.05, 3.63) is 17.6 Å². The number of rotatable bonds is 1. The summed E-state index contributed by atoms with van der Waals surface area (Å²) in [7, 11) is 0. The Kier molecular flexibility index (Phi) is 2.96. The van der Waals surface area contributed by atoms with E-state index in [-0.39, 0.29) is 0 Å². The molecule has 19 heavy (non-hydrogen) atoms. The fraction of sp³-hybridized carbons (Fsp3) is 0.600. The van der Waals surface area contributed by atoms with Gasteiger partial charge in [0.1, 0.15) is 17.8 Å². The van der Waals surface area contributed by atoms with E-state index in [4.69, 9.17) is 5.73 Å². The molecule has 0 saturated heterocycles. The first-order valence-electron chi connectivity index (χ1n) is 7.17. The van der Waals surface area contributed by atoms with Crippen LogP contribution in [0.2, 0.25) is 0 Å². The summed E-state index contributed by atoms with van der Waals surface area (Å²) < 4.78 is 2.40. The Balaban J connectivity index is 2.18. The molecule has 2 unspecified atom stereocenters. The van der Waals surface area contributed by atoms with Gasteiger partial charge in [0.05, 0.1) is 5.39 Å². The lowest BCUT2D eigenvalue weighted by atomic mass is 9.87.